The van der Waals surface area contributed by atoms with Gasteiger partial charge in [0.1, 0.15) is 5.75 Å². The molecule has 1 N–H and O–H groups in total. The fourth-order valence-corrected chi connectivity index (χ4v) is 2.71. The summed E-state index contributed by atoms with van der Waals surface area (Å²) in [5.41, 5.74) is 2.02. The van der Waals surface area contributed by atoms with Crippen LogP contribution in [0.1, 0.15) is 38.2 Å². The lowest BCUT2D eigenvalue weighted by Gasteiger charge is -2.11. The van der Waals surface area contributed by atoms with Crippen molar-refractivity contribution in [2.75, 3.05) is 12.4 Å². The van der Waals surface area contributed by atoms with Crippen molar-refractivity contribution in [3.8, 4) is 5.75 Å². The third kappa shape index (κ3) is 4.55. The minimum Gasteiger partial charge on any atom is -0.495 e. The molecule has 0 aliphatic carbocycles. The van der Waals surface area contributed by atoms with Gasteiger partial charge in [-0.15, -0.1) is 0 Å². The highest BCUT2D eigenvalue weighted by Gasteiger charge is 2.13. The van der Waals surface area contributed by atoms with E-state index in [1.165, 1.54) is 5.56 Å². The molecule has 0 radical (unpaired) electrons. The number of amides is 1. The number of pyridine rings is 1. The van der Waals surface area contributed by atoms with Crippen LogP contribution in [0.15, 0.2) is 48.8 Å². The van der Waals surface area contributed by atoms with Crippen molar-refractivity contribution in [3.63, 3.8) is 0 Å². The maximum atomic E-state index is 12.2. The number of ether oxygens (including phenoxy) is 1. The Morgan fingerprint density at radius 1 is 1.13 bits per heavy atom. The van der Waals surface area contributed by atoms with Crippen LogP contribution in [-0.4, -0.2) is 13.0 Å². The molecule has 0 aliphatic heterocycles. The standard InChI is InChI=1S/C19H24N2O2/c1-4-15(5-2)16-10-12-21(13-11-16)14-19(22)20-17-8-6-7-9-18(17)23-3/h6-13,15H,4-5,14H2,1-3H3/p+1. The Kier molecular flexibility index (Phi) is 6.15. The van der Waals surface area contributed by atoms with Gasteiger partial charge in [-0.25, -0.2) is 0 Å². The van der Waals surface area contributed by atoms with Crippen LogP contribution in [0.4, 0.5) is 5.69 Å². The highest BCUT2D eigenvalue weighted by molar-refractivity contribution is 5.91. The molecular weight excluding hydrogens is 288 g/mol. The van der Waals surface area contributed by atoms with Crippen LogP contribution in [0.25, 0.3) is 0 Å². The molecule has 1 aromatic heterocycles. The molecular formula is C19H25N2O2+. The molecule has 1 aromatic carbocycles. The minimum absolute atomic E-state index is 0.0743. The van der Waals surface area contributed by atoms with E-state index in [4.69, 9.17) is 4.74 Å². The predicted octanol–water partition coefficient (Wildman–Crippen LogP) is 3.53. The third-order valence-corrected chi connectivity index (χ3v) is 4.08. The maximum absolute atomic E-state index is 12.2. The van der Waals surface area contributed by atoms with E-state index in [1.807, 2.05) is 41.2 Å². The van der Waals surface area contributed by atoms with Crippen molar-refractivity contribution in [3.05, 3.63) is 54.4 Å². The van der Waals surface area contributed by atoms with E-state index in [-0.39, 0.29) is 12.5 Å². The van der Waals surface area contributed by atoms with Gasteiger partial charge >= 0.3 is 0 Å². The summed E-state index contributed by atoms with van der Waals surface area (Å²) in [4.78, 5) is 12.2. The van der Waals surface area contributed by atoms with Crippen molar-refractivity contribution in [1.29, 1.82) is 0 Å². The number of aromatic nitrogens is 1. The number of hydrogen-bond acceptors (Lipinski definition) is 2. The summed E-state index contributed by atoms with van der Waals surface area (Å²) in [6.45, 7) is 4.69. The van der Waals surface area contributed by atoms with Crippen LogP contribution < -0.4 is 14.6 Å². The van der Waals surface area contributed by atoms with Gasteiger partial charge in [-0.05, 0) is 36.5 Å². The second-order valence-corrected chi connectivity index (χ2v) is 5.57. The number of hydrogen-bond donors (Lipinski definition) is 1. The van der Waals surface area contributed by atoms with Crippen LogP contribution in [0.2, 0.25) is 0 Å². The van der Waals surface area contributed by atoms with Gasteiger partial charge in [-0.2, -0.15) is 4.57 Å². The predicted molar refractivity (Wildman–Crippen MR) is 91.6 cm³/mol. The van der Waals surface area contributed by atoms with Gasteiger partial charge in [0.15, 0.2) is 12.4 Å². The zero-order valence-electron chi connectivity index (χ0n) is 14.1. The molecule has 2 aromatic rings. The zero-order chi connectivity index (χ0) is 16.7. The van der Waals surface area contributed by atoms with E-state index < -0.39 is 0 Å². The monoisotopic (exact) mass is 313 g/mol. The smallest absolute Gasteiger partial charge is 0.290 e. The molecule has 1 heterocycles. The van der Waals surface area contributed by atoms with E-state index in [0.29, 0.717) is 17.4 Å². The summed E-state index contributed by atoms with van der Waals surface area (Å²) in [5.74, 6) is 1.18. The SMILES string of the molecule is CCC(CC)c1cc[n+](CC(=O)Nc2ccccc2OC)cc1. The fourth-order valence-electron chi connectivity index (χ4n) is 2.71. The minimum atomic E-state index is -0.0743. The molecule has 4 nitrogen and oxygen atoms in total. The highest BCUT2D eigenvalue weighted by Crippen LogP contribution is 2.23. The van der Waals surface area contributed by atoms with Crippen molar-refractivity contribution in [2.24, 2.45) is 0 Å². The number of methoxy groups -OCH3 is 1. The topological polar surface area (TPSA) is 42.2 Å². The lowest BCUT2D eigenvalue weighted by molar-refractivity contribution is -0.684. The first kappa shape index (κ1) is 17.0. The van der Waals surface area contributed by atoms with Crippen molar-refractivity contribution < 1.29 is 14.1 Å². The van der Waals surface area contributed by atoms with Crippen LogP contribution in [-0.2, 0) is 11.3 Å². The lowest BCUT2D eigenvalue weighted by atomic mass is 9.95. The van der Waals surface area contributed by atoms with Gasteiger partial charge in [0, 0.05) is 12.1 Å². The number of rotatable bonds is 7. The summed E-state index contributed by atoms with van der Waals surface area (Å²) in [5, 5.41) is 2.88. The first-order valence-electron chi connectivity index (χ1n) is 8.09. The molecule has 0 fully saturated rings. The second-order valence-electron chi connectivity index (χ2n) is 5.57. The molecule has 0 aliphatic rings. The number of benzene rings is 1. The first-order chi connectivity index (χ1) is 11.2. The van der Waals surface area contributed by atoms with E-state index in [2.05, 4.69) is 31.3 Å². The van der Waals surface area contributed by atoms with Gasteiger partial charge in [0.25, 0.3) is 5.91 Å². The summed E-state index contributed by atoms with van der Waals surface area (Å²) in [6.07, 6.45) is 6.20. The number of carbonyl (C=O) groups is 1. The Bertz CT molecular complexity index is 634. The van der Waals surface area contributed by atoms with E-state index in [1.54, 1.807) is 7.11 Å². The number of nitrogens with zero attached hydrogens (tertiary/aromatic N) is 1. The Hall–Kier alpha value is -2.36. The molecule has 0 spiro atoms. The molecule has 0 bridgehead atoms. The summed E-state index contributed by atoms with van der Waals surface area (Å²) < 4.78 is 7.13. The second kappa shape index (κ2) is 8.32. The number of para-hydroxylation sites is 2. The fraction of sp³-hybridized carbons (Fsp3) is 0.368. The van der Waals surface area contributed by atoms with Gasteiger partial charge in [-0.1, -0.05) is 26.0 Å². The molecule has 2 rings (SSSR count). The maximum Gasteiger partial charge on any atom is 0.290 e. The Morgan fingerprint density at radius 2 is 1.78 bits per heavy atom. The number of carbonyl (C=O) groups excluding carboxylic acids is 1. The average Bonchev–Trinajstić information content (AvgIpc) is 2.58. The largest absolute Gasteiger partial charge is 0.495 e. The van der Waals surface area contributed by atoms with E-state index in [9.17, 15) is 4.79 Å². The Morgan fingerprint density at radius 3 is 2.39 bits per heavy atom. The summed E-state index contributed by atoms with van der Waals surface area (Å²) in [6, 6.07) is 11.6. The Labute approximate surface area is 138 Å². The lowest BCUT2D eigenvalue weighted by Crippen LogP contribution is -2.39. The van der Waals surface area contributed by atoms with Gasteiger partial charge in [0.05, 0.1) is 12.8 Å². The van der Waals surface area contributed by atoms with Crippen molar-refractivity contribution in [1.82, 2.24) is 0 Å². The normalized spacial score (nSPS) is 10.6. The van der Waals surface area contributed by atoms with Crippen LogP contribution >= 0.6 is 0 Å². The van der Waals surface area contributed by atoms with Gasteiger partial charge < -0.3 is 10.1 Å². The molecule has 0 atom stereocenters. The third-order valence-electron chi connectivity index (χ3n) is 4.08. The average molecular weight is 313 g/mol. The van der Waals surface area contributed by atoms with Crippen molar-refractivity contribution in [2.45, 2.75) is 39.2 Å². The van der Waals surface area contributed by atoms with Crippen LogP contribution in [0.3, 0.4) is 0 Å². The quantitative estimate of drug-likeness (QED) is 0.795. The van der Waals surface area contributed by atoms with E-state index in [0.717, 1.165) is 12.8 Å². The number of anilines is 1. The molecule has 1 amide bonds. The molecule has 23 heavy (non-hydrogen) atoms. The van der Waals surface area contributed by atoms with Crippen molar-refractivity contribution >= 4 is 11.6 Å². The molecule has 122 valence electrons. The zero-order valence-corrected chi connectivity index (χ0v) is 14.1. The van der Waals surface area contributed by atoms with Gasteiger partial charge in [0.2, 0.25) is 6.54 Å². The molecule has 0 saturated heterocycles. The number of nitrogens with one attached hydrogen (secondary N) is 1. The molecule has 0 unspecified atom stereocenters. The summed E-state index contributed by atoms with van der Waals surface area (Å²) >= 11 is 0. The summed E-state index contributed by atoms with van der Waals surface area (Å²) in [7, 11) is 1.59. The van der Waals surface area contributed by atoms with Crippen LogP contribution in [0.5, 0.6) is 5.75 Å². The highest BCUT2D eigenvalue weighted by atomic mass is 16.5. The van der Waals surface area contributed by atoms with Crippen LogP contribution in [0, 0.1) is 0 Å². The first-order valence-corrected chi connectivity index (χ1v) is 8.09. The van der Waals surface area contributed by atoms with E-state index >= 15 is 0 Å². The Balaban J connectivity index is 2.00. The molecule has 4 heteroatoms. The van der Waals surface area contributed by atoms with Gasteiger partial charge in [-0.3, -0.25) is 4.79 Å². The molecule has 0 saturated carbocycles.